The van der Waals surface area contributed by atoms with Crippen LogP contribution in [0.5, 0.6) is 0 Å². The van der Waals surface area contributed by atoms with E-state index < -0.39 is 0 Å². The van der Waals surface area contributed by atoms with Crippen LogP contribution in [-0.2, 0) is 22.6 Å². The Kier molecular flexibility index (Phi) is 6.52. The molecule has 0 bridgehead atoms. The molecule has 1 fully saturated rings. The average Bonchev–Trinajstić information content (AvgIpc) is 3.51. The van der Waals surface area contributed by atoms with Crippen LogP contribution in [0.15, 0.2) is 30.6 Å². The number of nitrogens with zero attached hydrogens (tertiary/aromatic N) is 3. The number of pyridine rings is 1. The summed E-state index contributed by atoms with van der Waals surface area (Å²) in [5.41, 5.74) is 4.14. The van der Waals surface area contributed by atoms with E-state index in [4.69, 9.17) is 4.74 Å². The molecule has 1 saturated carbocycles. The van der Waals surface area contributed by atoms with Crippen molar-refractivity contribution in [2.45, 2.75) is 59.7 Å². The molecule has 0 saturated heterocycles. The quantitative estimate of drug-likeness (QED) is 0.502. The maximum absolute atomic E-state index is 13.0. The molecule has 1 aliphatic rings. The van der Waals surface area contributed by atoms with Gasteiger partial charge in [-0.05, 0) is 58.2 Å². The van der Waals surface area contributed by atoms with E-state index in [0.717, 1.165) is 41.9 Å². The van der Waals surface area contributed by atoms with Gasteiger partial charge >= 0.3 is 5.97 Å². The Hall–Kier alpha value is -2.89. The average molecular weight is 396 g/mol. The largest absolute Gasteiger partial charge is 0.462 e. The lowest BCUT2D eigenvalue weighted by Gasteiger charge is -2.20. The summed E-state index contributed by atoms with van der Waals surface area (Å²) in [6, 6.07) is 4.14. The van der Waals surface area contributed by atoms with Crippen molar-refractivity contribution in [3.8, 4) is 0 Å². The maximum Gasteiger partial charge on any atom is 0.340 e. The molecule has 1 amide bonds. The summed E-state index contributed by atoms with van der Waals surface area (Å²) in [4.78, 5) is 31.5. The fraction of sp³-hybridized carbons (Fsp3) is 0.435. The van der Waals surface area contributed by atoms with E-state index in [0.29, 0.717) is 18.7 Å². The van der Waals surface area contributed by atoms with Gasteiger partial charge in [0, 0.05) is 54.6 Å². The molecule has 0 radical (unpaired) electrons. The van der Waals surface area contributed by atoms with Crippen LogP contribution in [0.25, 0.3) is 6.08 Å². The zero-order chi connectivity index (χ0) is 21.0. The number of hydrogen-bond donors (Lipinski definition) is 0. The van der Waals surface area contributed by atoms with Crippen molar-refractivity contribution in [3.05, 3.63) is 58.7 Å². The minimum atomic E-state index is -0.346. The predicted octanol–water partition coefficient (Wildman–Crippen LogP) is 3.90. The lowest BCUT2D eigenvalue weighted by molar-refractivity contribution is -0.127. The standard InChI is InChI=1S/C23H29N3O3/c1-5-25-16(3)20(22(17(25)4)23(28)29-6-2)11-12-21(27)26(19-9-10-19)15-18-8-7-13-24-14-18/h7-8,11-14,19H,5-6,9-10,15H2,1-4H3. The fourth-order valence-corrected chi connectivity index (χ4v) is 3.76. The molecule has 1 aliphatic carbocycles. The molecular formula is C23H29N3O3. The van der Waals surface area contributed by atoms with Gasteiger partial charge in [0.1, 0.15) is 0 Å². The molecule has 3 rings (SSSR count). The molecule has 0 aromatic carbocycles. The number of aromatic nitrogens is 2. The van der Waals surface area contributed by atoms with E-state index in [1.807, 2.05) is 37.8 Å². The van der Waals surface area contributed by atoms with E-state index in [1.54, 1.807) is 31.5 Å². The van der Waals surface area contributed by atoms with Crippen LogP contribution in [0.4, 0.5) is 0 Å². The molecule has 0 unspecified atom stereocenters. The molecule has 154 valence electrons. The van der Waals surface area contributed by atoms with Crippen molar-refractivity contribution in [2.24, 2.45) is 0 Å². The van der Waals surface area contributed by atoms with Crippen molar-refractivity contribution < 1.29 is 14.3 Å². The summed E-state index contributed by atoms with van der Waals surface area (Å²) in [5, 5.41) is 0. The molecule has 2 aromatic heterocycles. The highest BCUT2D eigenvalue weighted by atomic mass is 16.5. The van der Waals surface area contributed by atoms with Gasteiger partial charge in [-0.15, -0.1) is 0 Å². The summed E-state index contributed by atoms with van der Waals surface area (Å²) < 4.78 is 7.33. The van der Waals surface area contributed by atoms with Gasteiger partial charge in [-0.1, -0.05) is 6.07 Å². The minimum Gasteiger partial charge on any atom is -0.462 e. The maximum atomic E-state index is 13.0. The highest BCUT2D eigenvalue weighted by Gasteiger charge is 2.31. The Morgan fingerprint density at radius 2 is 2.03 bits per heavy atom. The second-order valence-electron chi connectivity index (χ2n) is 7.32. The normalized spacial score (nSPS) is 13.7. The fourth-order valence-electron chi connectivity index (χ4n) is 3.76. The van der Waals surface area contributed by atoms with E-state index in [2.05, 4.69) is 9.55 Å². The van der Waals surface area contributed by atoms with Crippen LogP contribution in [0, 0.1) is 13.8 Å². The molecule has 2 heterocycles. The monoisotopic (exact) mass is 395 g/mol. The summed E-state index contributed by atoms with van der Waals surface area (Å²) >= 11 is 0. The van der Waals surface area contributed by atoms with Gasteiger partial charge in [-0.25, -0.2) is 4.79 Å². The van der Waals surface area contributed by atoms with Gasteiger partial charge < -0.3 is 14.2 Å². The Bertz CT molecular complexity index is 911. The SMILES string of the molecule is CCOC(=O)c1c(C=CC(=O)N(Cc2cccnc2)C2CC2)c(C)n(CC)c1C. The summed E-state index contributed by atoms with van der Waals surface area (Å²) in [6.45, 7) is 9.33. The molecule has 0 aliphatic heterocycles. The summed E-state index contributed by atoms with van der Waals surface area (Å²) in [7, 11) is 0. The third-order valence-electron chi connectivity index (χ3n) is 5.37. The van der Waals surface area contributed by atoms with Gasteiger partial charge in [0.2, 0.25) is 5.91 Å². The topological polar surface area (TPSA) is 64.4 Å². The first kappa shape index (κ1) is 20.8. The lowest BCUT2D eigenvalue weighted by Crippen LogP contribution is -2.31. The number of amides is 1. The van der Waals surface area contributed by atoms with Gasteiger partial charge in [0.05, 0.1) is 12.2 Å². The van der Waals surface area contributed by atoms with Crippen LogP contribution in [0.3, 0.4) is 0 Å². The van der Waals surface area contributed by atoms with Crippen LogP contribution in [0.2, 0.25) is 0 Å². The number of carbonyl (C=O) groups is 2. The third-order valence-corrected chi connectivity index (χ3v) is 5.37. The van der Waals surface area contributed by atoms with Crippen LogP contribution in [0.1, 0.15) is 59.6 Å². The highest BCUT2D eigenvalue weighted by Crippen LogP contribution is 2.29. The number of rotatable bonds is 8. The lowest BCUT2D eigenvalue weighted by atomic mass is 10.1. The highest BCUT2D eigenvalue weighted by molar-refractivity contribution is 5.99. The smallest absolute Gasteiger partial charge is 0.340 e. The van der Waals surface area contributed by atoms with E-state index in [1.165, 1.54) is 0 Å². The summed E-state index contributed by atoms with van der Waals surface area (Å²) in [5.74, 6) is -0.394. The Morgan fingerprint density at radius 3 is 2.62 bits per heavy atom. The Morgan fingerprint density at radius 1 is 1.28 bits per heavy atom. The second-order valence-corrected chi connectivity index (χ2v) is 7.32. The molecule has 2 aromatic rings. The van der Waals surface area contributed by atoms with E-state index in [-0.39, 0.29) is 17.9 Å². The van der Waals surface area contributed by atoms with E-state index >= 15 is 0 Å². The molecular weight excluding hydrogens is 366 g/mol. The first-order valence-corrected chi connectivity index (χ1v) is 10.2. The van der Waals surface area contributed by atoms with Gasteiger partial charge in [-0.2, -0.15) is 0 Å². The Balaban J connectivity index is 1.87. The van der Waals surface area contributed by atoms with Gasteiger partial charge in [0.25, 0.3) is 0 Å². The zero-order valence-corrected chi connectivity index (χ0v) is 17.6. The first-order chi connectivity index (χ1) is 14.0. The molecule has 29 heavy (non-hydrogen) atoms. The van der Waals surface area contributed by atoms with Crippen molar-refractivity contribution in [1.29, 1.82) is 0 Å². The molecule has 0 N–H and O–H groups in total. The number of carbonyl (C=O) groups excluding carboxylic acids is 2. The number of ether oxygens (including phenoxy) is 1. The molecule has 6 heteroatoms. The van der Waals surface area contributed by atoms with E-state index in [9.17, 15) is 9.59 Å². The first-order valence-electron chi connectivity index (χ1n) is 10.2. The molecule has 0 spiro atoms. The molecule has 0 atom stereocenters. The van der Waals surface area contributed by atoms with Crippen molar-refractivity contribution >= 4 is 18.0 Å². The zero-order valence-electron chi connectivity index (χ0n) is 17.6. The Labute approximate surface area is 172 Å². The number of hydrogen-bond acceptors (Lipinski definition) is 4. The van der Waals surface area contributed by atoms with Crippen LogP contribution < -0.4 is 0 Å². The van der Waals surface area contributed by atoms with Crippen molar-refractivity contribution in [1.82, 2.24) is 14.5 Å². The van der Waals surface area contributed by atoms with Crippen LogP contribution >= 0.6 is 0 Å². The van der Waals surface area contributed by atoms with Gasteiger partial charge in [0.15, 0.2) is 0 Å². The summed E-state index contributed by atoms with van der Waals surface area (Å²) in [6.07, 6.45) is 8.92. The van der Waals surface area contributed by atoms with Crippen molar-refractivity contribution in [2.75, 3.05) is 6.61 Å². The third kappa shape index (κ3) is 4.58. The van der Waals surface area contributed by atoms with Gasteiger partial charge in [-0.3, -0.25) is 9.78 Å². The van der Waals surface area contributed by atoms with Crippen LogP contribution in [-0.4, -0.2) is 39.0 Å². The number of esters is 1. The minimum absolute atomic E-state index is 0.0486. The predicted molar refractivity (Wildman–Crippen MR) is 112 cm³/mol. The molecule has 6 nitrogen and oxygen atoms in total. The van der Waals surface area contributed by atoms with Crippen molar-refractivity contribution in [3.63, 3.8) is 0 Å². The second kappa shape index (κ2) is 9.07.